The van der Waals surface area contributed by atoms with Crippen molar-refractivity contribution < 1.29 is 9.53 Å². The molecule has 2 aromatic carbocycles. The molecule has 0 bridgehead atoms. The number of hydrogen-bond donors (Lipinski definition) is 3. The van der Waals surface area contributed by atoms with E-state index in [2.05, 4.69) is 26.0 Å². The van der Waals surface area contributed by atoms with Gasteiger partial charge >= 0.3 is 0 Å². The molecule has 0 aliphatic rings. The van der Waals surface area contributed by atoms with Gasteiger partial charge in [0.2, 0.25) is 0 Å². The summed E-state index contributed by atoms with van der Waals surface area (Å²) in [6, 6.07) is 10.4. The van der Waals surface area contributed by atoms with Crippen LogP contribution in [-0.2, 0) is 0 Å². The van der Waals surface area contributed by atoms with Gasteiger partial charge in [0.1, 0.15) is 5.75 Å². The minimum atomic E-state index is -0.430. The number of hydrogen-bond acceptors (Lipinski definition) is 5. The Morgan fingerprint density at radius 2 is 1.81 bits per heavy atom. The molecule has 0 saturated heterocycles. The monoisotopic (exact) mass is 391 g/mol. The molecular weight excluding hydrogens is 377 g/mol. The summed E-state index contributed by atoms with van der Waals surface area (Å²) in [5.74, 6) is 0.384. The molecule has 9 heteroatoms. The van der Waals surface area contributed by atoms with Crippen molar-refractivity contribution >= 4 is 46.3 Å². The summed E-state index contributed by atoms with van der Waals surface area (Å²) < 4.78 is 5.11. The number of nitrogens with one attached hydrogen (secondary N) is 3. The number of methoxy groups -OCH3 is 1. The Balaban J connectivity index is 1.78. The van der Waals surface area contributed by atoms with E-state index in [-0.39, 0.29) is 11.5 Å². The molecule has 7 nitrogen and oxygen atoms in total. The van der Waals surface area contributed by atoms with Crippen LogP contribution in [-0.4, -0.2) is 28.4 Å². The third-order valence-electron chi connectivity index (χ3n) is 3.61. The number of H-pyrrole nitrogens is 1. The minimum absolute atomic E-state index is 0.105. The van der Waals surface area contributed by atoms with Crippen molar-refractivity contribution in [1.82, 2.24) is 15.4 Å². The van der Waals surface area contributed by atoms with Crippen LogP contribution in [0.1, 0.15) is 16.1 Å². The Labute approximate surface area is 159 Å². The van der Waals surface area contributed by atoms with E-state index in [0.717, 1.165) is 5.56 Å². The number of rotatable bonds is 5. The van der Waals surface area contributed by atoms with Gasteiger partial charge in [0.15, 0.2) is 11.5 Å². The highest BCUT2D eigenvalue weighted by molar-refractivity contribution is 6.32. The molecule has 3 aromatic rings. The summed E-state index contributed by atoms with van der Waals surface area (Å²) in [7, 11) is 1.53. The molecule has 1 aromatic heterocycles. The van der Waals surface area contributed by atoms with E-state index in [4.69, 9.17) is 27.9 Å². The van der Waals surface area contributed by atoms with Crippen LogP contribution in [0.25, 0.3) is 0 Å². The number of halogens is 2. The molecule has 0 saturated carbocycles. The fourth-order valence-corrected chi connectivity index (χ4v) is 2.66. The van der Waals surface area contributed by atoms with E-state index in [9.17, 15) is 4.79 Å². The third-order valence-corrected chi connectivity index (χ3v) is 4.31. The quantitative estimate of drug-likeness (QED) is 0.598. The van der Waals surface area contributed by atoms with Gasteiger partial charge < -0.3 is 15.4 Å². The van der Waals surface area contributed by atoms with Crippen LogP contribution in [0.4, 0.5) is 17.2 Å². The van der Waals surface area contributed by atoms with E-state index in [1.165, 1.54) is 7.11 Å². The molecule has 0 radical (unpaired) electrons. The highest BCUT2D eigenvalue weighted by atomic mass is 35.5. The fourth-order valence-electron chi connectivity index (χ4n) is 2.22. The number of benzene rings is 2. The van der Waals surface area contributed by atoms with Gasteiger partial charge in [0.25, 0.3) is 5.91 Å². The molecule has 0 unspecified atom stereocenters. The van der Waals surface area contributed by atoms with Gasteiger partial charge in [-0.1, -0.05) is 29.3 Å². The number of aromatic nitrogens is 3. The van der Waals surface area contributed by atoms with E-state index in [1.54, 1.807) is 30.3 Å². The van der Waals surface area contributed by atoms with Crippen LogP contribution in [0, 0.1) is 6.92 Å². The second-order valence-corrected chi connectivity index (χ2v) is 6.23. The molecule has 26 heavy (non-hydrogen) atoms. The SMILES string of the molecule is COc1ccc(Nc2n[nH]nc2C(=O)Nc2ccc(C)c(Cl)c2)cc1Cl. The first-order valence-electron chi connectivity index (χ1n) is 7.56. The van der Waals surface area contributed by atoms with Crippen molar-refractivity contribution in [1.29, 1.82) is 0 Å². The predicted octanol–water partition coefficient (Wildman–Crippen LogP) is 4.42. The predicted molar refractivity (Wildman–Crippen MR) is 102 cm³/mol. The average molecular weight is 392 g/mol. The lowest BCUT2D eigenvalue weighted by Crippen LogP contribution is -2.14. The van der Waals surface area contributed by atoms with Gasteiger partial charge in [0.05, 0.1) is 12.1 Å². The van der Waals surface area contributed by atoms with Crippen LogP contribution < -0.4 is 15.4 Å². The molecule has 0 fully saturated rings. The molecule has 1 heterocycles. The van der Waals surface area contributed by atoms with E-state index >= 15 is 0 Å². The maximum atomic E-state index is 12.5. The number of carbonyl (C=O) groups is 1. The van der Waals surface area contributed by atoms with Gasteiger partial charge in [-0.25, -0.2) is 0 Å². The third kappa shape index (κ3) is 3.89. The second kappa shape index (κ2) is 7.63. The molecular formula is C17H15Cl2N5O2. The van der Waals surface area contributed by atoms with Crippen molar-refractivity contribution in [2.45, 2.75) is 6.92 Å². The topological polar surface area (TPSA) is 91.9 Å². The van der Waals surface area contributed by atoms with E-state index < -0.39 is 5.91 Å². The zero-order chi connectivity index (χ0) is 18.7. The first-order valence-corrected chi connectivity index (χ1v) is 8.32. The maximum Gasteiger partial charge on any atom is 0.280 e. The normalized spacial score (nSPS) is 10.5. The van der Waals surface area contributed by atoms with Gasteiger partial charge in [0, 0.05) is 16.4 Å². The zero-order valence-corrected chi connectivity index (χ0v) is 15.4. The first-order chi connectivity index (χ1) is 12.5. The van der Waals surface area contributed by atoms with Crippen LogP contribution in [0.2, 0.25) is 10.0 Å². The summed E-state index contributed by atoms with van der Waals surface area (Å²) in [5.41, 5.74) is 2.22. The highest BCUT2D eigenvalue weighted by Crippen LogP contribution is 2.29. The molecule has 3 rings (SSSR count). The number of carbonyl (C=O) groups excluding carboxylic acids is 1. The van der Waals surface area contributed by atoms with Gasteiger partial charge in [-0.2, -0.15) is 5.21 Å². The van der Waals surface area contributed by atoms with Crippen molar-refractivity contribution in [3.63, 3.8) is 0 Å². The minimum Gasteiger partial charge on any atom is -0.495 e. The Hall–Kier alpha value is -2.77. The van der Waals surface area contributed by atoms with Gasteiger partial charge in [-0.05, 0) is 42.8 Å². The van der Waals surface area contributed by atoms with Gasteiger partial charge in [-0.15, -0.1) is 10.2 Å². The lowest BCUT2D eigenvalue weighted by molar-refractivity contribution is 0.102. The molecule has 0 aliphatic carbocycles. The summed E-state index contributed by atoms with van der Waals surface area (Å²) in [6.45, 7) is 1.88. The van der Waals surface area contributed by atoms with Crippen molar-refractivity contribution in [2.24, 2.45) is 0 Å². The molecule has 134 valence electrons. The largest absolute Gasteiger partial charge is 0.495 e. The fraction of sp³-hybridized carbons (Fsp3) is 0.118. The highest BCUT2D eigenvalue weighted by Gasteiger charge is 2.17. The summed E-state index contributed by atoms with van der Waals surface area (Å²) in [4.78, 5) is 12.5. The van der Waals surface area contributed by atoms with E-state index in [1.807, 2.05) is 13.0 Å². The number of amides is 1. The van der Waals surface area contributed by atoms with Gasteiger partial charge in [-0.3, -0.25) is 4.79 Å². The molecule has 3 N–H and O–H groups in total. The maximum absolute atomic E-state index is 12.5. The Kier molecular flexibility index (Phi) is 5.29. The number of aryl methyl sites for hydroxylation is 1. The zero-order valence-electron chi connectivity index (χ0n) is 13.9. The van der Waals surface area contributed by atoms with Crippen molar-refractivity contribution in [2.75, 3.05) is 17.7 Å². The van der Waals surface area contributed by atoms with E-state index in [0.29, 0.717) is 27.2 Å². The second-order valence-electron chi connectivity index (χ2n) is 5.41. The van der Waals surface area contributed by atoms with Crippen molar-refractivity contribution in [3.8, 4) is 5.75 Å². The van der Waals surface area contributed by atoms with Crippen LogP contribution >= 0.6 is 23.2 Å². The molecule has 0 atom stereocenters. The summed E-state index contributed by atoms with van der Waals surface area (Å²) in [5, 5.41) is 17.0. The number of nitrogens with zero attached hydrogens (tertiary/aromatic N) is 2. The lowest BCUT2D eigenvalue weighted by Gasteiger charge is -2.09. The Bertz CT molecular complexity index is 958. The summed E-state index contributed by atoms with van der Waals surface area (Å²) in [6.07, 6.45) is 0. The lowest BCUT2D eigenvalue weighted by atomic mass is 10.2. The summed E-state index contributed by atoms with van der Waals surface area (Å²) >= 11 is 12.2. The molecule has 1 amide bonds. The average Bonchev–Trinajstić information content (AvgIpc) is 3.06. The van der Waals surface area contributed by atoms with Crippen LogP contribution in [0.5, 0.6) is 5.75 Å². The standard InChI is InChI=1S/C17H15Cl2N5O2/c1-9-3-4-11(7-12(9)18)21-17(25)15-16(23-24-22-15)20-10-5-6-14(26-2)13(19)8-10/h3-8H,1-2H3,(H,21,25)(H2,20,22,23,24). The molecule has 0 aliphatic heterocycles. The van der Waals surface area contributed by atoms with Crippen LogP contribution in [0.15, 0.2) is 36.4 Å². The van der Waals surface area contributed by atoms with Crippen LogP contribution in [0.3, 0.4) is 0 Å². The Morgan fingerprint density at radius 1 is 1.08 bits per heavy atom. The number of aromatic amines is 1. The smallest absolute Gasteiger partial charge is 0.280 e. The first kappa shape index (κ1) is 18.0. The number of ether oxygens (including phenoxy) is 1. The molecule has 0 spiro atoms. The Morgan fingerprint density at radius 3 is 2.50 bits per heavy atom. The van der Waals surface area contributed by atoms with Crippen molar-refractivity contribution in [3.05, 3.63) is 57.7 Å². The number of anilines is 3.